The van der Waals surface area contributed by atoms with Gasteiger partial charge in [0.25, 0.3) is 5.91 Å². The molecule has 2 heterocycles. The van der Waals surface area contributed by atoms with Crippen molar-refractivity contribution in [2.24, 2.45) is 0 Å². The molecule has 1 aliphatic rings. The van der Waals surface area contributed by atoms with E-state index in [-0.39, 0.29) is 23.6 Å². The first-order chi connectivity index (χ1) is 12.1. The van der Waals surface area contributed by atoms with Gasteiger partial charge in [-0.1, -0.05) is 29.8 Å². The Morgan fingerprint density at radius 1 is 1.24 bits per heavy atom. The van der Waals surface area contributed by atoms with Crippen molar-refractivity contribution in [1.82, 2.24) is 10.2 Å². The quantitative estimate of drug-likeness (QED) is 0.901. The molecule has 25 heavy (non-hydrogen) atoms. The first kappa shape index (κ1) is 17.5. The number of carbonyl (C=O) groups is 2. The summed E-state index contributed by atoms with van der Waals surface area (Å²) in [5, 5.41) is 3.60. The highest BCUT2D eigenvalue weighted by Gasteiger charge is 2.34. The number of rotatable bonds is 4. The highest BCUT2D eigenvalue weighted by molar-refractivity contribution is 6.31. The number of hydrogen-bond donors (Lipinski definition) is 1. The summed E-state index contributed by atoms with van der Waals surface area (Å²) in [4.78, 5) is 27.0. The van der Waals surface area contributed by atoms with Crippen molar-refractivity contribution in [2.45, 2.75) is 38.3 Å². The van der Waals surface area contributed by atoms with Gasteiger partial charge in [-0.05, 0) is 49.9 Å². The Morgan fingerprint density at radius 3 is 2.76 bits per heavy atom. The number of nitrogens with one attached hydrogen (secondary N) is 1. The van der Waals surface area contributed by atoms with Crippen LogP contribution in [-0.4, -0.2) is 29.3 Å². The van der Waals surface area contributed by atoms with Gasteiger partial charge in [0, 0.05) is 11.6 Å². The first-order valence-corrected chi connectivity index (χ1v) is 8.85. The highest BCUT2D eigenvalue weighted by atomic mass is 35.5. The fourth-order valence-corrected chi connectivity index (χ4v) is 3.50. The van der Waals surface area contributed by atoms with Crippen LogP contribution in [0, 0.1) is 0 Å². The molecule has 0 aliphatic carbocycles. The van der Waals surface area contributed by atoms with Crippen LogP contribution in [0.5, 0.6) is 0 Å². The summed E-state index contributed by atoms with van der Waals surface area (Å²) in [6, 6.07) is 10.00. The zero-order chi connectivity index (χ0) is 17.8. The van der Waals surface area contributed by atoms with E-state index in [1.165, 1.54) is 6.26 Å². The van der Waals surface area contributed by atoms with Crippen molar-refractivity contribution in [1.29, 1.82) is 0 Å². The third-order valence-electron chi connectivity index (χ3n) is 4.53. The van der Waals surface area contributed by atoms with Crippen LogP contribution in [0.1, 0.15) is 48.3 Å². The lowest BCUT2D eigenvalue weighted by atomic mass is 10.00. The van der Waals surface area contributed by atoms with E-state index in [4.69, 9.17) is 16.0 Å². The van der Waals surface area contributed by atoms with Gasteiger partial charge in [0.15, 0.2) is 5.76 Å². The fourth-order valence-electron chi connectivity index (χ4n) is 3.20. The number of halogens is 1. The molecule has 2 aromatic rings. The van der Waals surface area contributed by atoms with E-state index >= 15 is 0 Å². The normalized spacial score (nSPS) is 18.6. The minimum Gasteiger partial charge on any atom is -0.459 e. The third-order valence-corrected chi connectivity index (χ3v) is 4.87. The van der Waals surface area contributed by atoms with Gasteiger partial charge in [0.05, 0.1) is 12.3 Å². The van der Waals surface area contributed by atoms with E-state index in [0.29, 0.717) is 18.0 Å². The number of benzene rings is 1. The van der Waals surface area contributed by atoms with Gasteiger partial charge in [-0.3, -0.25) is 9.59 Å². The number of amides is 2. The molecule has 0 radical (unpaired) electrons. The van der Waals surface area contributed by atoms with Gasteiger partial charge in [0.2, 0.25) is 5.91 Å². The Labute approximate surface area is 151 Å². The van der Waals surface area contributed by atoms with Crippen LogP contribution in [0.25, 0.3) is 0 Å². The summed E-state index contributed by atoms with van der Waals surface area (Å²) in [7, 11) is 0. The average molecular weight is 361 g/mol. The second kappa shape index (κ2) is 7.74. The minimum absolute atomic E-state index is 0.160. The lowest BCUT2D eigenvalue weighted by Crippen LogP contribution is -2.52. The summed E-state index contributed by atoms with van der Waals surface area (Å²) in [5.74, 6) is -0.138. The molecule has 1 aromatic carbocycles. The molecular weight excluding hydrogens is 340 g/mol. The molecule has 0 saturated carbocycles. The molecule has 6 heteroatoms. The molecule has 1 fully saturated rings. The maximum Gasteiger partial charge on any atom is 0.290 e. The lowest BCUT2D eigenvalue weighted by molar-refractivity contribution is -0.127. The molecular formula is C19H21ClN2O3. The second-order valence-corrected chi connectivity index (χ2v) is 6.65. The van der Waals surface area contributed by atoms with Crippen LogP contribution in [0.4, 0.5) is 0 Å². The van der Waals surface area contributed by atoms with Crippen LogP contribution in [0.2, 0.25) is 5.02 Å². The van der Waals surface area contributed by atoms with E-state index in [9.17, 15) is 9.59 Å². The standard InChI is InChI=1S/C19H21ClN2O3/c1-13(14-7-2-3-8-15(14)20)21-18(23)16-9-4-5-11-22(16)19(24)17-10-6-12-25-17/h2-3,6-8,10,12-13,16H,4-5,9,11H2,1H3,(H,21,23). The summed E-state index contributed by atoms with van der Waals surface area (Å²) >= 11 is 6.21. The molecule has 0 spiro atoms. The van der Waals surface area contributed by atoms with E-state index in [1.807, 2.05) is 25.1 Å². The SMILES string of the molecule is CC(NC(=O)C1CCCCN1C(=O)c1ccco1)c1ccccc1Cl. The number of piperidine rings is 1. The number of hydrogen-bond acceptors (Lipinski definition) is 3. The van der Waals surface area contributed by atoms with Gasteiger partial charge in [-0.2, -0.15) is 0 Å². The van der Waals surface area contributed by atoms with E-state index < -0.39 is 6.04 Å². The number of nitrogens with zero attached hydrogens (tertiary/aromatic N) is 1. The van der Waals surface area contributed by atoms with E-state index in [0.717, 1.165) is 18.4 Å². The summed E-state index contributed by atoms with van der Waals surface area (Å²) < 4.78 is 5.20. The molecule has 0 bridgehead atoms. The maximum atomic E-state index is 12.8. The zero-order valence-corrected chi connectivity index (χ0v) is 14.8. The van der Waals surface area contributed by atoms with Crippen molar-refractivity contribution in [3.63, 3.8) is 0 Å². The third kappa shape index (κ3) is 3.87. The largest absolute Gasteiger partial charge is 0.459 e. The van der Waals surface area contributed by atoms with Crippen molar-refractivity contribution >= 4 is 23.4 Å². The van der Waals surface area contributed by atoms with Gasteiger partial charge in [-0.15, -0.1) is 0 Å². The van der Waals surface area contributed by atoms with Crippen LogP contribution in [-0.2, 0) is 4.79 Å². The Morgan fingerprint density at radius 2 is 2.04 bits per heavy atom. The van der Waals surface area contributed by atoms with Crippen molar-refractivity contribution in [3.05, 3.63) is 59.0 Å². The van der Waals surface area contributed by atoms with Crippen LogP contribution in [0.3, 0.4) is 0 Å². The van der Waals surface area contributed by atoms with Crippen molar-refractivity contribution in [3.8, 4) is 0 Å². The Balaban J connectivity index is 1.73. The predicted molar refractivity (Wildman–Crippen MR) is 95.4 cm³/mol. The van der Waals surface area contributed by atoms with Gasteiger partial charge < -0.3 is 14.6 Å². The second-order valence-electron chi connectivity index (χ2n) is 6.24. The van der Waals surface area contributed by atoms with Gasteiger partial charge >= 0.3 is 0 Å². The van der Waals surface area contributed by atoms with E-state index in [2.05, 4.69) is 5.32 Å². The summed E-state index contributed by atoms with van der Waals surface area (Å²) in [5.41, 5.74) is 0.859. The minimum atomic E-state index is -0.490. The fraction of sp³-hybridized carbons (Fsp3) is 0.368. The lowest BCUT2D eigenvalue weighted by Gasteiger charge is -2.34. The molecule has 2 atom stereocenters. The zero-order valence-electron chi connectivity index (χ0n) is 14.1. The number of likely N-dealkylation sites (tertiary alicyclic amines) is 1. The smallest absolute Gasteiger partial charge is 0.290 e. The topological polar surface area (TPSA) is 62.6 Å². The highest BCUT2D eigenvalue weighted by Crippen LogP contribution is 2.24. The monoisotopic (exact) mass is 360 g/mol. The molecule has 2 unspecified atom stereocenters. The Bertz CT molecular complexity index is 745. The molecule has 1 aliphatic heterocycles. The van der Waals surface area contributed by atoms with E-state index in [1.54, 1.807) is 23.1 Å². The molecule has 1 aromatic heterocycles. The van der Waals surface area contributed by atoms with Crippen molar-refractivity contribution in [2.75, 3.05) is 6.54 Å². The molecule has 132 valence electrons. The summed E-state index contributed by atoms with van der Waals surface area (Å²) in [6.45, 7) is 2.44. The molecule has 2 amide bonds. The Hall–Kier alpha value is -2.27. The maximum absolute atomic E-state index is 12.8. The molecule has 1 saturated heterocycles. The predicted octanol–water partition coefficient (Wildman–Crippen LogP) is 3.81. The number of furan rings is 1. The molecule has 1 N–H and O–H groups in total. The number of carbonyl (C=O) groups excluding carboxylic acids is 2. The first-order valence-electron chi connectivity index (χ1n) is 8.47. The van der Waals surface area contributed by atoms with Crippen LogP contribution in [0.15, 0.2) is 47.1 Å². The van der Waals surface area contributed by atoms with Crippen molar-refractivity contribution < 1.29 is 14.0 Å². The summed E-state index contributed by atoms with van der Waals surface area (Å²) in [6.07, 6.45) is 3.91. The van der Waals surface area contributed by atoms with Gasteiger partial charge in [-0.25, -0.2) is 0 Å². The van der Waals surface area contributed by atoms with Gasteiger partial charge in [0.1, 0.15) is 6.04 Å². The molecule has 3 rings (SSSR count). The Kier molecular flexibility index (Phi) is 5.43. The van der Waals surface area contributed by atoms with Crippen LogP contribution >= 0.6 is 11.6 Å². The average Bonchev–Trinajstić information content (AvgIpc) is 3.16. The van der Waals surface area contributed by atoms with Crippen LogP contribution < -0.4 is 5.32 Å². The molecule has 5 nitrogen and oxygen atoms in total.